The van der Waals surface area contributed by atoms with Gasteiger partial charge in [-0.1, -0.05) is 19.8 Å². The fourth-order valence-corrected chi connectivity index (χ4v) is 2.96. The first-order valence-corrected chi connectivity index (χ1v) is 6.85. The summed E-state index contributed by atoms with van der Waals surface area (Å²) in [5, 5.41) is 7.92. The molecule has 17 heavy (non-hydrogen) atoms. The van der Waals surface area contributed by atoms with Gasteiger partial charge in [0.15, 0.2) is 0 Å². The monoisotopic (exact) mass is 235 g/mol. The summed E-state index contributed by atoms with van der Waals surface area (Å²) in [6.07, 6.45) is 8.94. The number of aromatic nitrogens is 2. The zero-order valence-electron chi connectivity index (χ0n) is 11.4. The highest BCUT2D eigenvalue weighted by Gasteiger charge is 2.31. The summed E-state index contributed by atoms with van der Waals surface area (Å²) in [7, 11) is 2.00. The maximum Gasteiger partial charge on any atom is 0.0537 e. The van der Waals surface area contributed by atoms with Gasteiger partial charge in [-0.3, -0.25) is 4.68 Å². The third-order valence-electron chi connectivity index (χ3n) is 4.57. The van der Waals surface area contributed by atoms with Gasteiger partial charge in [-0.15, -0.1) is 0 Å². The fourth-order valence-electron chi connectivity index (χ4n) is 2.96. The van der Waals surface area contributed by atoms with Gasteiger partial charge in [-0.05, 0) is 31.6 Å². The summed E-state index contributed by atoms with van der Waals surface area (Å²) < 4.78 is 1.95. The van der Waals surface area contributed by atoms with E-state index in [9.17, 15) is 0 Å². The first kappa shape index (κ1) is 12.6. The van der Waals surface area contributed by atoms with Crippen LogP contribution < -0.4 is 5.32 Å². The van der Waals surface area contributed by atoms with E-state index in [0.29, 0.717) is 5.41 Å². The van der Waals surface area contributed by atoms with Gasteiger partial charge >= 0.3 is 0 Å². The molecule has 1 aliphatic carbocycles. The second kappa shape index (κ2) is 5.21. The zero-order chi connectivity index (χ0) is 12.3. The summed E-state index contributed by atoms with van der Waals surface area (Å²) in [4.78, 5) is 0. The standard InChI is InChI=1S/C14H25N3/c1-4-14(7-5-6-8-14)11-15-9-13-10-16-17(3)12(13)2/h10,15H,4-9,11H2,1-3H3. The minimum Gasteiger partial charge on any atom is -0.312 e. The maximum atomic E-state index is 4.28. The van der Waals surface area contributed by atoms with E-state index in [0.717, 1.165) is 13.1 Å². The molecule has 1 heterocycles. The van der Waals surface area contributed by atoms with Crippen molar-refractivity contribution < 1.29 is 0 Å². The minimum atomic E-state index is 0.579. The van der Waals surface area contributed by atoms with E-state index in [2.05, 4.69) is 24.3 Å². The number of hydrogen-bond donors (Lipinski definition) is 1. The van der Waals surface area contributed by atoms with Gasteiger partial charge in [0.2, 0.25) is 0 Å². The van der Waals surface area contributed by atoms with Crippen molar-refractivity contribution >= 4 is 0 Å². The highest BCUT2D eigenvalue weighted by atomic mass is 15.3. The summed E-state index contributed by atoms with van der Waals surface area (Å²) in [6.45, 7) is 6.59. The summed E-state index contributed by atoms with van der Waals surface area (Å²) in [5.41, 5.74) is 3.18. The smallest absolute Gasteiger partial charge is 0.0537 e. The lowest BCUT2D eigenvalue weighted by Gasteiger charge is -2.27. The van der Waals surface area contributed by atoms with Gasteiger partial charge in [-0.25, -0.2) is 0 Å². The molecule has 1 aromatic rings. The second-order valence-corrected chi connectivity index (χ2v) is 5.54. The predicted molar refractivity (Wildman–Crippen MR) is 70.8 cm³/mol. The van der Waals surface area contributed by atoms with Crippen LogP contribution in [0.25, 0.3) is 0 Å². The Kier molecular flexibility index (Phi) is 3.87. The topological polar surface area (TPSA) is 29.9 Å². The van der Waals surface area contributed by atoms with Crippen molar-refractivity contribution in [2.24, 2.45) is 12.5 Å². The summed E-state index contributed by atoms with van der Waals surface area (Å²) >= 11 is 0. The lowest BCUT2D eigenvalue weighted by atomic mass is 9.83. The minimum absolute atomic E-state index is 0.579. The molecular formula is C14H25N3. The normalized spacial score (nSPS) is 18.8. The highest BCUT2D eigenvalue weighted by molar-refractivity contribution is 5.15. The summed E-state index contributed by atoms with van der Waals surface area (Å²) in [5.74, 6) is 0. The molecule has 0 unspecified atom stereocenters. The average Bonchev–Trinajstić information content (AvgIpc) is 2.92. The molecule has 0 aliphatic heterocycles. The first-order valence-electron chi connectivity index (χ1n) is 6.85. The first-order chi connectivity index (χ1) is 8.17. The molecule has 1 fully saturated rings. The Balaban J connectivity index is 1.85. The van der Waals surface area contributed by atoms with Crippen LogP contribution in [0, 0.1) is 12.3 Å². The molecule has 96 valence electrons. The molecule has 0 spiro atoms. The molecule has 1 N–H and O–H groups in total. The van der Waals surface area contributed by atoms with E-state index in [1.807, 2.05) is 17.9 Å². The van der Waals surface area contributed by atoms with Crippen LogP contribution in [-0.4, -0.2) is 16.3 Å². The van der Waals surface area contributed by atoms with E-state index < -0.39 is 0 Å². The molecule has 1 aliphatic rings. The zero-order valence-corrected chi connectivity index (χ0v) is 11.4. The van der Waals surface area contributed by atoms with Crippen LogP contribution in [0.1, 0.15) is 50.3 Å². The van der Waals surface area contributed by atoms with Gasteiger partial charge in [-0.2, -0.15) is 5.10 Å². The Labute approximate surface area is 105 Å². The quantitative estimate of drug-likeness (QED) is 0.850. The van der Waals surface area contributed by atoms with Gasteiger partial charge in [0.05, 0.1) is 6.20 Å². The van der Waals surface area contributed by atoms with Crippen molar-refractivity contribution in [1.82, 2.24) is 15.1 Å². The summed E-state index contributed by atoms with van der Waals surface area (Å²) in [6, 6.07) is 0. The van der Waals surface area contributed by atoms with Gasteiger partial charge < -0.3 is 5.32 Å². The van der Waals surface area contributed by atoms with Crippen molar-refractivity contribution in [3.05, 3.63) is 17.5 Å². The van der Waals surface area contributed by atoms with Crippen molar-refractivity contribution in [1.29, 1.82) is 0 Å². The van der Waals surface area contributed by atoms with Crippen LogP contribution in [0.2, 0.25) is 0 Å². The van der Waals surface area contributed by atoms with Crippen LogP contribution in [0.5, 0.6) is 0 Å². The lowest BCUT2D eigenvalue weighted by Crippen LogP contribution is -2.31. The molecule has 2 rings (SSSR count). The molecule has 0 aromatic carbocycles. The van der Waals surface area contributed by atoms with Crippen molar-refractivity contribution in [2.45, 2.75) is 52.5 Å². The van der Waals surface area contributed by atoms with Crippen LogP contribution in [0.3, 0.4) is 0 Å². The molecule has 0 saturated heterocycles. The third-order valence-corrected chi connectivity index (χ3v) is 4.57. The van der Waals surface area contributed by atoms with Crippen molar-refractivity contribution in [3.63, 3.8) is 0 Å². The molecule has 1 saturated carbocycles. The molecule has 1 aromatic heterocycles. The number of aryl methyl sites for hydroxylation is 1. The maximum absolute atomic E-state index is 4.28. The molecule has 0 atom stereocenters. The number of nitrogens with zero attached hydrogens (tertiary/aromatic N) is 2. The Morgan fingerprint density at radius 2 is 2.12 bits per heavy atom. The number of nitrogens with one attached hydrogen (secondary N) is 1. The van der Waals surface area contributed by atoms with Gasteiger partial charge in [0.25, 0.3) is 0 Å². The van der Waals surface area contributed by atoms with Crippen molar-refractivity contribution in [3.8, 4) is 0 Å². The third kappa shape index (κ3) is 2.71. The molecule has 0 radical (unpaired) electrons. The fraction of sp³-hybridized carbons (Fsp3) is 0.786. The van der Waals surface area contributed by atoms with E-state index in [4.69, 9.17) is 0 Å². The van der Waals surface area contributed by atoms with E-state index >= 15 is 0 Å². The van der Waals surface area contributed by atoms with Gasteiger partial charge in [0.1, 0.15) is 0 Å². The van der Waals surface area contributed by atoms with Crippen LogP contribution in [0.4, 0.5) is 0 Å². The molecule has 0 amide bonds. The van der Waals surface area contributed by atoms with Crippen molar-refractivity contribution in [2.75, 3.05) is 6.54 Å². The van der Waals surface area contributed by atoms with Crippen LogP contribution >= 0.6 is 0 Å². The van der Waals surface area contributed by atoms with E-state index in [1.165, 1.54) is 43.4 Å². The Morgan fingerprint density at radius 1 is 1.41 bits per heavy atom. The highest BCUT2D eigenvalue weighted by Crippen LogP contribution is 2.40. The SMILES string of the molecule is CCC1(CNCc2cnn(C)c2C)CCCC1. The average molecular weight is 235 g/mol. The Bertz CT molecular complexity index is 362. The van der Waals surface area contributed by atoms with Crippen LogP contribution in [0.15, 0.2) is 6.20 Å². The Morgan fingerprint density at radius 3 is 2.65 bits per heavy atom. The molecular weight excluding hydrogens is 210 g/mol. The lowest BCUT2D eigenvalue weighted by molar-refractivity contribution is 0.268. The molecule has 3 heteroatoms. The number of hydrogen-bond acceptors (Lipinski definition) is 2. The number of rotatable bonds is 5. The molecule has 3 nitrogen and oxygen atoms in total. The Hall–Kier alpha value is -0.830. The predicted octanol–water partition coefficient (Wildman–Crippen LogP) is 2.79. The van der Waals surface area contributed by atoms with Crippen LogP contribution in [-0.2, 0) is 13.6 Å². The van der Waals surface area contributed by atoms with E-state index in [-0.39, 0.29) is 0 Å². The molecule has 0 bridgehead atoms. The largest absolute Gasteiger partial charge is 0.312 e. The van der Waals surface area contributed by atoms with E-state index in [1.54, 1.807) is 0 Å². The second-order valence-electron chi connectivity index (χ2n) is 5.54. The van der Waals surface area contributed by atoms with Gasteiger partial charge in [0, 0.05) is 31.4 Å².